The van der Waals surface area contributed by atoms with Gasteiger partial charge in [0.15, 0.2) is 0 Å². The van der Waals surface area contributed by atoms with Gasteiger partial charge in [0.2, 0.25) is 5.91 Å². The van der Waals surface area contributed by atoms with Crippen molar-refractivity contribution in [2.75, 3.05) is 32.2 Å². The molecule has 0 spiro atoms. The second-order valence-electron chi connectivity index (χ2n) is 4.07. The molecular formula is C11H20BrNO3. The smallest absolute Gasteiger partial charge is 0.233 e. The summed E-state index contributed by atoms with van der Waals surface area (Å²) >= 11 is 3.23. The molecule has 0 bridgehead atoms. The molecule has 0 aromatic carbocycles. The minimum absolute atomic E-state index is 0.0749. The van der Waals surface area contributed by atoms with Gasteiger partial charge in [-0.2, -0.15) is 0 Å². The molecule has 5 heteroatoms. The maximum Gasteiger partial charge on any atom is 0.233 e. The summed E-state index contributed by atoms with van der Waals surface area (Å²) in [5.74, 6) is 0.135. The van der Waals surface area contributed by atoms with Crippen LogP contribution in [0.5, 0.6) is 0 Å². The third kappa shape index (κ3) is 4.03. The molecule has 1 saturated heterocycles. The Bertz CT molecular complexity index is 219. The van der Waals surface area contributed by atoms with E-state index < -0.39 is 0 Å². The van der Waals surface area contributed by atoms with Crippen LogP contribution >= 0.6 is 15.9 Å². The lowest BCUT2D eigenvalue weighted by Gasteiger charge is -2.35. The summed E-state index contributed by atoms with van der Waals surface area (Å²) < 4.78 is 10.5. The van der Waals surface area contributed by atoms with E-state index in [0.717, 1.165) is 26.1 Å². The van der Waals surface area contributed by atoms with Crippen LogP contribution in [0.2, 0.25) is 0 Å². The molecule has 0 aromatic rings. The van der Waals surface area contributed by atoms with Gasteiger partial charge in [0, 0.05) is 32.9 Å². The number of ether oxygens (including phenoxy) is 2. The van der Waals surface area contributed by atoms with Gasteiger partial charge < -0.3 is 14.4 Å². The summed E-state index contributed by atoms with van der Waals surface area (Å²) in [6.45, 7) is 4.13. The molecule has 1 aliphatic rings. The Labute approximate surface area is 105 Å². The first kappa shape index (κ1) is 13.9. The Hall–Kier alpha value is -0.130. The van der Waals surface area contributed by atoms with E-state index in [2.05, 4.69) is 15.9 Å². The molecule has 16 heavy (non-hydrogen) atoms. The van der Waals surface area contributed by atoms with E-state index >= 15 is 0 Å². The first-order valence-corrected chi connectivity index (χ1v) is 6.77. The van der Waals surface area contributed by atoms with Crippen LogP contribution in [0.25, 0.3) is 0 Å². The molecule has 1 amide bonds. The van der Waals surface area contributed by atoms with Crippen LogP contribution in [0.4, 0.5) is 0 Å². The zero-order valence-corrected chi connectivity index (χ0v) is 11.5. The first-order chi connectivity index (χ1) is 7.69. The van der Waals surface area contributed by atoms with Crippen molar-refractivity contribution in [3.05, 3.63) is 0 Å². The molecule has 0 N–H and O–H groups in total. The zero-order valence-electron chi connectivity index (χ0n) is 9.95. The topological polar surface area (TPSA) is 38.8 Å². The van der Waals surface area contributed by atoms with Gasteiger partial charge >= 0.3 is 0 Å². The van der Waals surface area contributed by atoms with Gasteiger partial charge in [-0.05, 0) is 19.8 Å². The number of carbonyl (C=O) groups is 1. The van der Waals surface area contributed by atoms with Crippen LogP contribution in [0.3, 0.4) is 0 Å². The van der Waals surface area contributed by atoms with Gasteiger partial charge in [0.25, 0.3) is 0 Å². The number of halogens is 1. The Morgan fingerprint density at radius 1 is 1.56 bits per heavy atom. The lowest BCUT2D eigenvalue weighted by atomic mass is 10.1. The summed E-state index contributed by atoms with van der Waals surface area (Å²) in [5, 5.41) is 0.376. The van der Waals surface area contributed by atoms with E-state index in [0.29, 0.717) is 17.9 Å². The van der Waals surface area contributed by atoms with E-state index in [4.69, 9.17) is 9.47 Å². The maximum absolute atomic E-state index is 11.8. The fourth-order valence-electron chi connectivity index (χ4n) is 1.88. The average Bonchev–Trinajstić information content (AvgIpc) is 2.35. The standard InChI is InChI=1S/C11H20BrNO3/c1-9(15-2)8-13(11(14)7-12)10-3-5-16-6-4-10/h9-10H,3-8H2,1-2H3/t9-/m0/s1. The van der Waals surface area contributed by atoms with Crippen LogP contribution in [0.15, 0.2) is 0 Å². The van der Waals surface area contributed by atoms with Crippen molar-refractivity contribution in [1.82, 2.24) is 4.90 Å². The van der Waals surface area contributed by atoms with E-state index in [1.54, 1.807) is 7.11 Å². The van der Waals surface area contributed by atoms with Gasteiger partial charge in [-0.15, -0.1) is 0 Å². The van der Waals surface area contributed by atoms with Gasteiger partial charge in [-0.1, -0.05) is 15.9 Å². The second kappa shape index (κ2) is 7.25. The molecule has 0 radical (unpaired) electrons. The minimum atomic E-state index is 0.0749. The number of nitrogens with zero attached hydrogens (tertiary/aromatic N) is 1. The summed E-state index contributed by atoms with van der Waals surface area (Å²) in [7, 11) is 1.67. The van der Waals surface area contributed by atoms with Crippen LogP contribution in [0.1, 0.15) is 19.8 Å². The number of amides is 1. The van der Waals surface area contributed by atoms with E-state index in [-0.39, 0.29) is 12.0 Å². The molecule has 0 aliphatic carbocycles. The Kier molecular flexibility index (Phi) is 6.31. The number of carbonyl (C=O) groups excluding carboxylic acids is 1. The van der Waals surface area contributed by atoms with Crippen molar-refractivity contribution in [1.29, 1.82) is 0 Å². The van der Waals surface area contributed by atoms with E-state index in [1.807, 2.05) is 11.8 Å². The molecular weight excluding hydrogens is 274 g/mol. The van der Waals surface area contributed by atoms with Crippen molar-refractivity contribution in [3.63, 3.8) is 0 Å². The monoisotopic (exact) mass is 293 g/mol. The Morgan fingerprint density at radius 3 is 2.69 bits per heavy atom. The molecule has 4 nitrogen and oxygen atoms in total. The largest absolute Gasteiger partial charge is 0.381 e. The molecule has 1 heterocycles. The molecule has 1 rings (SSSR count). The highest BCUT2D eigenvalue weighted by molar-refractivity contribution is 9.09. The molecule has 1 fully saturated rings. The molecule has 94 valence electrons. The Morgan fingerprint density at radius 2 is 2.19 bits per heavy atom. The quantitative estimate of drug-likeness (QED) is 0.720. The predicted molar refractivity (Wildman–Crippen MR) is 65.8 cm³/mol. The van der Waals surface area contributed by atoms with Crippen molar-refractivity contribution in [3.8, 4) is 0 Å². The highest BCUT2D eigenvalue weighted by atomic mass is 79.9. The lowest BCUT2D eigenvalue weighted by molar-refractivity contribution is -0.134. The summed E-state index contributed by atoms with van der Waals surface area (Å²) in [6, 6.07) is 0.302. The predicted octanol–water partition coefficient (Wildman–Crippen LogP) is 1.42. The summed E-state index contributed by atoms with van der Waals surface area (Å²) in [6.07, 6.45) is 1.93. The second-order valence-corrected chi connectivity index (χ2v) is 4.63. The fraction of sp³-hybridized carbons (Fsp3) is 0.909. The van der Waals surface area contributed by atoms with Crippen molar-refractivity contribution in [2.45, 2.75) is 31.9 Å². The molecule has 1 atom stereocenters. The van der Waals surface area contributed by atoms with Crippen LogP contribution in [-0.4, -0.2) is 55.2 Å². The lowest BCUT2D eigenvalue weighted by Crippen LogP contribution is -2.47. The number of hydrogen-bond acceptors (Lipinski definition) is 3. The van der Waals surface area contributed by atoms with Gasteiger partial charge in [-0.3, -0.25) is 4.79 Å². The van der Waals surface area contributed by atoms with Gasteiger partial charge in [0.05, 0.1) is 11.4 Å². The number of rotatable bonds is 5. The first-order valence-electron chi connectivity index (χ1n) is 5.65. The maximum atomic E-state index is 11.8. The minimum Gasteiger partial charge on any atom is -0.381 e. The highest BCUT2D eigenvalue weighted by Gasteiger charge is 2.26. The number of alkyl halides is 1. The summed E-state index contributed by atoms with van der Waals surface area (Å²) in [4.78, 5) is 13.8. The average molecular weight is 294 g/mol. The SMILES string of the molecule is CO[C@@H](C)CN(C(=O)CBr)C1CCOCC1. The van der Waals surface area contributed by atoms with Crippen molar-refractivity contribution >= 4 is 21.8 Å². The normalized spacial score (nSPS) is 19.4. The van der Waals surface area contributed by atoms with E-state index in [9.17, 15) is 4.79 Å². The van der Waals surface area contributed by atoms with Crippen LogP contribution in [0, 0.1) is 0 Å². The Balaban J connectivity index is 2.58. The molecule has 0 saturated carbocycles. The fourth-order valence-corrected chi connectivity index (χ4v) is 2.20. The summed E-state index contributed by atoms with van der Waals surface area (Å²) in [5.41, 5.74) is 0. The number of methoxy groups -OCH3 is 1. The van der Waals surface area contributed by atoms with Crippen molar-refractivity contribution in [2.24, 2.45) is 0 Å². The third-order valence-corrected chi connectivity index (χ3v) is 3.40. The van der Waals surface area contributed by atoms with Gasteiger partial charge in [-0.25, -0.2) is 0 Å². The highest BCUT2D eigenvalue weighted by Crippen LogP contribution is 2.16. The van der Waals surface area contributed by atoms with E-state index in [1.165, 1.54) is 0 Å². The third-order valence-electron chi connectivity index (χ3n) is 2.92. The van der Waals surface area contributed by atoms with Crippen molar-refractivity contribution < 1.29 is 14.3 Å². The number of hydrogen-bond donors (Lipinski definition) is 0. The zero-order chi connectivity index (χ0) is 12.0. The molecule has 1 aliphatic heterocycles. The molecule has 0 unspecified atom stereocenters. The van der Waals surface area contributed by atoms with Gasteiger partial charge in [0.1, 0.15) is 0 Å². The van der Waals surface area contributed by atoms with Crippen LogP contribution in [-0.2, 0) is 14.3 Å². The molecule has 0 aromatic heterocycles. The van der Waals surface area contributed by atoms with Crippen LogP contribution < -0.4 is 0 Å².